The van der Waals surface area contributed by atoms with Crippen molar-refractivity contribution in [2.75, 3.05) is 0 Å². The number of nitrogens with zero attached hydrogens (tertiary/aromatic N) is 1. The van der Waals surface area contributed by atoms with E-state index in [2.05, 4.69) is 38.1 Å². The fraction of sp³-hybridized carbons (Fsp3) is 0.500. The van der Waals surface area contributed by atoms with Crippen molar-refractivity contribution in [1.82, 2.24) is 4.98 Å². The highest BCUT2D eigenvalue weighted by atomic mass is 32.1. The summed E-state index contributed by atoms with van der Waals surface area (Å²) in [5, 5.41) is 1.13. The number of hydrogen-bond donors (Lipinski definition) is 1. The molecule has 1 aromatic heterocycles. The Morgan fingerprint density at radius 3 is 2.57 bits per heavy atom. The highest BCUT2D eigenvalue weighted by molar-refractivity contribution is 7.15. The molecule has 1 unspecified atom stereocenters. The monoisotopic (exact) mass is 298 g/mol. The molecule has 1 atom stereocenters. The van der Waals surface area contributed by atoms with E-state index in [1.807, 2.05) is 0 Å². The van der Waals surface area contributed by atoms with Crippen molar-refractivity contribution in [3.05, 3.63) is 40.4 Å². The average Bonchev–Trinajstić information content (AvgIpc) is 3.18. The van der Waals surface area contributed by atoms with Crippen LogP contribution >= 0.6 is 11.3 Å². The van der Waals surface area contributed by atoms with Crippen molar-refractivity contribution < 1.29 is 0 Å². The van der Waals surface area contributed by atoms with E-state index >= 15 is 0 Å². The van der Waals surface area contributed by atoms with Gasteiger partial charge in [0, 0.05) is 16.5 Å². The van der Waals surface area contributed by atoms with Crippen LogP contribution < -0.4 is 5.73 Å². The van der Waals surface area contributed by atoms with Gasteiger partial charge in [0.1, 0.15) is 5.01 Å². The summed E-state index contributed by atoms with van der Waals surface area (Å²) in [6.07, 6.45) is 4.82. The molecule has 0 saturated heterocycles. The van der Waals surface area contributed by atoms with Crippen LogP contribution in [0.5, 0.6) is 0 Å². The smallest absolute Gasteiger partial charge is 0.123 e. The fourth-order valence-corrected chi connectivity index (χ4v) is 4.52. The quantitative estimate of drug-likeness (QED) is 0.875. The predicted octanol–water partition coefficient (Wildman–Crippen LogP) is 4.66. The van der Waals surface area contributed by atoms with E-state index in [9.17, 15) is 0 Å². The van der Waals surface area contributed by atoms with Crippen LogP contribution in [0.3, 0.4) is 0 Å². The second-order valence-electron chi connectivity index (χ2n) is 7.38. The molecule has 2 aliphatic rings. The molecule has 0 amide bonds. The summed E-state index contributed by atoms with van der Waals surface area (Å²) in [6, 6.07) is 9.17. The lowest BCUT2D eigenvalue weighted by Crippen LogP contribution is -2.28. The molecule has 2 N–H and O–H groups in total. The third-order valence-electron chi connectivity index (χ3n) is 4.69. The van der Waals surface area contributed by atoms with E-state index in [1.54, 1.807) is 11.3 Å². The van der Waals surface area contributed by atoms with Crippen LogP contribution in [0.15, 0.2) is 24.3 Å². The average molecular weight is 298 g/mol. The van der Waals surface area contributed by atoms with Crippen LogP contribution in [0.4, 0.5) is 0 Å². The zero-order valence-electron chi connectivity index (χ0n) is 12.7. The maximum atomic E-state index is 6.36. The molecule has 4 rings (SSSR count). The molecule has 1 aromatic carbocycles. The molecule has 0 radical (unpaired) electrons. The first kappa shape index (κ1) is 13.5. The third kappa shape index (κ3) is 2.53. The maximum absolute atomic E-state index is 6.36. The second-order valence-corrected chi connectivity index (χ2v) is 8.41. The van der Waals surface area contributed by atoms with Crippen LogP contribution in [0, 0.1) is 5.41 Å². The Morgan fingerprint density at radius 2 is 1.90 bits per heavy atom. The molecule has 1 heterocycles. The summed E-state index contributed by atoms with van der Waals surface area (Å²) in [5.74, 6) is 0.817. The van der Waals surface area contributed by atoms with E-state index in [0.717, 1.165) is 23.8 Å². The standard InChI is InChI=1S/C18H22N2S/c1-18(2)9-14(19)16-15(10-18)20-17(21-16)13-7-5-12(6-8-13)11-3-4-11/h5-8,11,14H,3-4,9-10,19H2,1-2H3. The zero-order chi connectivity index (χ0) is 14.6. The van der Waals surface area contributed by atoms with E-state index in [4.69, 9.17) is 10.7 Å². The normalized spacial score (nSPS) is 23.9. The van der Waals surface area contributed by atoms with Gasteiger partial charge in [-0.05, 0) is 42.6 Å². The van der Waals surface area contributed by atoms with Gasteiger partial charge in [-0.2, -0.15) is 0 Å². The molecular formula is C18H22N2S. The zero-order valence-corrected chi connectivity index (χ0v) is 13.5. The largest absolute Gasteiger partial charge is 0.323 e. The SMILES string of the molecule is CC1(C)Cc2nc(-c3ccc(C4CC4)cc3)sc2C(N)C1. The molecular weight excluding hydrogens is 276 g/mol. The molecule has 0 bridgehead atoms. The van der Waals surface area contributed by atoms with Crippen LogP contribution in [0.1, 0.15) is 61.2 Å². The number of hydrogen-bond acceptors (Lipinski definition) is 3. The first-order valence-electron chi connectivity index (χ1n) is 7.87. The summed E-state index contributed by atoms with van der Waals surface area (Å²) in [5.41, 5.74) is 10.6. The van der Waals surface area contributed by atoms with Gasteiger partial charge in [-0.1, -0.05) is 38.1 Å². The molecule has 21 heavy (non-hydrogen) atoms. The summed E-state index contributed by atoms with van der Waals surface area (Å²) >= 11 is 1.79. The lowest BCUT2D eigenvalue weighted by molar-refractivity contribution is 0.282. The minimum absolute atomic E-state index is 0.153. The van der Waals surface area contributed by atoms with E-state index in [-0.39, 0.29) is 11.5 Å². The Balaban J connectivity index is 1.67. The van der Waals surface area contributed by atoms with Crippen molar-refractivity contribution in [1.29, 1.82) is 0 Å². The van der Waals surface area contributed by atoms with Crippen LogP contribution in [-0.2, 0) is 6.42 Å². The van der Waals surface area contributed by atoms with Gasteiger partial charge in [0.15, 0.2) is 0 Å². The van der Waals surface area contributed by atoms with Gasteiger partial charge >= 0.3 is 0 Å². The Morgan fingerprint density at radius 1 is 1.19 bits per heavy atom. The van der Waals surface area contributed by atoms with Gasteiger partial charge in [-0.15, -0.1) is 11.3 Å². The predicted molar refractivity (Wildman–Crippen MR) is 88.6 cm³/mol. The summed E-state index contributed by atoms with van der Waals surface area (Å²) < 4.78 is 0. The molecule has 1 saturated carbocycles. The van der Waals surface area contributed by atoms with Crippen molar-refractivity contribution in [3.8, 4) is 10.6 Å². The van der Waals surface area contributed by atoms with Gasteiger partial charge in [-0.3, -0.25) is 0 Å². The summed E-state index contributed by atoms with van der Waals surface area (Å²) in [7, 11) is 0. The molecule has 3 heteroatoms. The molecule has 0 aliphatic heterocycles. The highest BCUT2D eigenvalue weighted by Crippen LogP contribution is 2.44. The van der Waals surface area contributed by atoms with E-state index in [1.165, 1.54) is 34.5 Å². The number of nitrogens with two attached hydrogens (primary N) is 1. The van der Waals surface area contributed by atoms with Gasteiger partial charge in [0.25, 0.3) is 0 Å². The number of fused-ring (bicyclic) bond motifs is 1. The van der Waals surface area contributed by atoms with Crippen LogP contribution in [0.2, 0.25) is 0 Å². The van der Waals surface area contributed by atoms with Gasteiger partial charge in [-0.25, -0.2) is 4.98 Å². The molecule has 2 nitrogen and oxygen atoms in total. The van der Waals surface area contributed by atoms with E-state index < -0.39 is 0 Å². The lowest BCUT2D eigenvalue weighted by atomic mass is 9.77. The van der Waals surface area contributed by atoms with Crippen LogP contribution in [0.25, 0.3) is 10.6 Å². The van der Waals surface area contributed by atoms with Gasteiger partial charge in [0.2, 0.25) is 0 Å². The number of aromatic nitrogens is 1. The van der Waals surface area contributed by atoms with Crippen molar-refractivity contribution in [3.63, 3.8) is 0 Å². The summed E-state index contributed by atoms with van der Waals surface area (Å²) in [4.78, 5) is 6.20. The third-order valence-corrected chi connectivity index (χ3v) is 5.97. The fourth-order valence-electron chi connectivity index (χ4n) is 3.43. The van der Waals surface area contributed by atoms with E-state index in [0.29, 0.717) is 0 Å². The topological polar surface area (TPSA) is 38.9 Å². The maximum Gasteiger partial charge on any atom is 0.123 e. The molecule has 1 fully saturated rings. The molecule has 0 spiro atoms. The van der Waals surface area contributed by atoms with Crippen molar-refractivity contribution in [2.45, 2.75) is 51.5 Å². The van der Waals surface area contributed by atoms with Gasteiger partial charge in [0.05, 0.1) is 5.69 Å². The Bertz CT molecular complexity index is 665. The van der Waals surface area contributed by atoms with Crippen molar-refractivity contribution >= 4 is 11.3 Å². The molecule has 2 aliphatic carbocycles. The summed E-state index contributed by atoms with van der Waals surface area (Å²) in [6.45, 7) is 4.58. The molecule has 110 valence electrons. The first-order valence-corrected chi connectivity index (χ1v) is 8.69. The van der Waals surface area contributed by atoms with Crippen molar-refractivity contribution in [2.24, 2.45) is 11.1 Å². The van der Waals surface area contributed by atoms with Crippen LogP contribution in [-0.4, -0.2) is 4.98 Å². The Labute approximate surface area is 130 Å². The second kappa shape index (κ2) is 4.65. The Kier molecular flexibility index (Phi) is 2.98. The Hall–Kier alpha value is -1.19. The lowest BCUT2D eigenvalue weighted by Gasteiger charge is -2.32. The molecule has 2 aromatic rings. The minimum atomic E-state index is 0.153. The van der Waals surface area contributed by atoms with Gasteiger partial charge < -0.3 is 5.73 Å². The number of benzene rings is 1. The highest BCUT2D eigenvalue weighted by Gasteiger charge is 2.33. The number of thiazole rings is 1. The first-order chi connectivity index (χ1) is 10.0. The minimum Gasteiger partial charge on any atom is -0.323 e. The number of rotatable bonds is 2.